The maximum atomic E-state index is 6.17. The summed E-state index contributed by atoms with van der Waals surface area (Å²) in [6, 6.07) is 0.491. The summed E-state index contributed by atoms with van der Waals surface area (Å²) in [4.78, 5) is 2.39. The first-order valence-electron chi connectivity index (χ1n) is 7.30. The molecule has 2 heterocycles. The van der Waals surface area contributed by atoms with Crippen LogP contribution < -0.4 is 11.1 Å². The van der Waals surface area contributed by atoms with E-state index in [1.807, 2.05) is 11.6 Å². The van der Waals surface area contributed by atoms with Crippen molar-refractivity contribution in [2.45, 2.75) is 46.2 Å². The normalized spacial score (nSPS) is 24.6. The van der Waals surface area contributed by atoms with E-state index in [9.17, 15) is 0 Å². The van der Waals surface area contributed by atoms with Crippen LogP contribution in [0.5, 0.6) is 0 Å². The van der Waals surface area contributed by atoms with E-state index in [1.54, 1.807) is 0 Å². The van der Waals surface area contributed by atoms with Crippen molar-refractivity contribution in [3.05, 3.63) is 5.69 Å². The van der Waals surface area contributed by atoms with Gasteiger partial charge in [-0.2, -0.15) is 5.10 Å². The average Bonchev–Trinajstić information content (AvgIpc) is 2.61. The molecular formula is C14H27N5. The van der Waals surface area contributed by atoms with Gasteiger partial charge in [-0.05, 0) is 39.3 Å². The van der Waals surface area contributed by atoms with Gasteiger partial charge in [0, 0.05) is 19.1 Å². The SMILES string of the molecule is CCCn1nc(C)c(N)c1NC1CCN(C)CC1C. The minimum Gasteiger partial charge on any atom is -0.394 e. The van der Waals surface area contributed by atoms with Crippen LogP contribution in [-0.2, 0) is 6.54 Å². The van der Waals surface area contributed by atoms with Crippen molar-refractivity contribution >= 4 is 11.5 Å². The molecule has 0 radical (unpaired) electrons. The van der Waals surface area contributed by atoms with Crippen LogP contribution in [0, 0.1) is 12.8 Å². The second kappa shape index (κ2) is 5.82. The Balaban J connectivity index is 2.14. The third kappa shape index (κ3) is 3.03. The van der Waals surface area contributed by atoms with E-state index in [0.717, 1.165) is 49.7 Å². The highest BCUT2D eigenvalue weighted by Crippen LogP contribution is 2.27. The molecule has 1 aromatic heterocycles. The number of nitrogens with one attached hydrogen (secondary N) is 1. The Morgan fingerprint density at radius 3 is 2.84 bits per heavy atom. The smallest absolute Gasteiger partial charge is 0.148 e. The number of nitrogens with zero attached hydrogens (tertiary/aromatic N) is 3. The summed E-state index contributed by atoms with van der Waals surface area (Å²) in [5, 5.41) is 8.17. The monoisotopic (exact) mass is 265 g/mol. The quantitative estimate of drug-likeness (QED) is 0.873. The fourth-order valence-electron chi connectivity index (χ4n) is 2.87. The Kier molecular flexibility index (Phi) is 4.34. The molecule has 1 fully saturated rings. The molecule has 5 nitrogen and oxygen atoms in total. The lowest BCUT2D eigenvalue weighted by molar-refractivity contribution is 0.205. The first-order valence-corrected chi connectivity index (χ1v) is 7.30. The van der Waals surface area contributed by atoms with Crippen molar-refractivity contribution < 1.29 is 0 Å². The predicted octanol–water partition coefficient (Wildman–Crippen LogP) is 1.94. The Bertz CT molecular complexity index is 426. The van der Waals surface area contributed by atoms with Crippen molar-refractivity contribution in [1.29, 1.82) is 0 Å². The van der Waals surface area contributed by atoms with Crippen molar-refractivity contribution in [1.82, 2.24) is 14.7 Å². The van der Waals surface area contributed by atoms with Gasteiger partial charge in [0.2, 0.25) is 0 Å². The standard InChI is InChI=1S/C14H27N5/c1-5-7-19-14(13(15)11(3)17-19)16-12-6-8-18(4)9-10(12)2/h10,12,16H,5-9,15H2,1-4H3. The van der Waals surface area contributed by atoms with Gasteiger partial charge < -0.3 is 16.0 Å². The minimum atomic E-state index is 0.491. The van der Waals surface area contributed by atoms with Crippen LogP contribution >= 0.6 is 0 Å². The molecule has 2 atom stereocenters. The first kappa shape index (κ1) is 14.2. The van der Waals surface area contributed by atoms with Gasteiger partial charge >= 0.3 is 0 Å². The molecule has 0 aromatic carbocycles. The van der Waals surface area contributed by atoms with Crippen molar-refractivity contribution in [3.8, 4) is 0 Å². The summed E-state index contributed by atoms with van der Waals surface area (Å²) in [5.41, 5.74) is 7.90. The van der Waals surface area contributed by atoms with E-state index in [-0.39, 0.29) is 0 Å². The van der Waals surface area contributed by atoms with Gasteiger partial charge in [-0.3, -0.25) is 0 Å². The van der Waals surface area contributed by atoms with Gasteiger partial charge in [0.05, 0.1) is 11.4 Å². The number of nitrogen functional groups attached to an aromatic ring is 1. The lowest BCUT2D eigenvalue weighted by Gasteiger charge is -2.35. The number of aromatic nitrogens is 2. The molecule has 0 spiro atoms. The molecule has 3 N–H and O–H groups in total. The fourth-order valence-corrected chi connectivity index (χ4v) is 2.87. The summed E-state index contributed by atoms with van der Waals surface area (Å²) in [6.07, 6.45) is 2.23. The van der Waals surface area contributed by atoms with Crippen LogP contribution in [0.15, 0.2) is 0 Å². The second-order valence-corrected chi connectivity index (χ2v) is 5.85. The molecule has 19 heavy (non-hydrogen) atoms. The number of nitrogens with two attached hydrogens (primary N) is 1. The van der Waals surface area contributed by atoms with Crippen molar-refractivity contribution in [2.75, 3.05) is 31.2 Å². The van der Waals surface area contributed by atoms with Gasteiger partial charge in [0.15, 0.2) is 0 Å². The Morgan fingerprint density at radius 2 is 2.21 bits per heavy atom. The fraction of sp³-hybridized carbons (Fsp3) is 0.786. The van der Waals surface area contributed by atoms with Crippen LogP contribution in [0.3, 0.4) is 0 Å². The molecule has 0 aliphatic carbocycles. The summed E-state index contributed by atoms with van der Waals surface area (Å²) < 4.78 is 2.02. The van der Waals surface area contributed by atoms with E-state index in [4.69, 9.17) is 5.73 Å². The first-order chi connectivity index (χ1) is 9.02. The van der Waals surface area contributed by atoms with E-state index in [2.05, 4.69) is 36.2 Å². The number of rotatable bonds is 4. The van der Waals surface area contributed by atoms with Gasteiger partial charge in [0.1, 0.15) is 5.82 Å². The number of aryl methyl sites for hydroxylation is 2. The van der Waals surface area contributed by atoms with Gasteiger partial charge in [0.25, 0.3) is 0 Å². The van der Waals surface area contributed by atoms with E-state index < -0.39 is 0 Å². The molecule has 0 amide bonds. The van der Waals surface area contributed by atoms with Gasteiger partial charge in [-0.25, -0.2) is 4.68 Å². The zero-order valence-electron chi connectivity index (χ0n) is 12.6. The average molecular weight is 265 g/mol. The largest absolute Gasteiger partial charge is 0.394 e. The number of hydrogen-bond acceptors (Lipinski definition) is 4. The predicted molar refractivity (Wildman–Crippen MR) is 80.4 cm³/mol. The Hall–Kier alpha value is -1.23. The topological polar surface area (TPSA) is 59.1 Å². The molecule has 1 saturated heterocycles. The summed E-state index contributed by atoms with van der Waals surface area (Å²) >= 11 is 0. The van der Waals surface area contributed by atoms with Crippen LogP contribution in [0.4, 0.5) is 11.5 Å². The van der Waals surface area contributed by atoms with Crippen LogP contribution in [0.2, 0.25) is 0 Å². The molecule has 2 unspecified atom stereocenters. The van der Waals surface area contributed by atoms with Crippen LogP contribution in [0.1, 0.15) is 32.4 Å². The molecule has 1 aromatic rings. The zero-order chi connectivity index (χ0) is 14.0. The van der Waals surface area contributed by atoms with Gasteiger partial charge in [-0.15, -0.1) is 0 Å². The second-order valence-electron chi connectivity index (χ2n) is 5.85. The van der Waals surface area contributed by atoms with Crippen LogP contribution in [-0.4, -0.2) is 40.9 Å². The molecule has 2 rings (SSSR count). The lowest BCUT2D eigenvalue weighted by Crippen LogP contribution is -2.43. The maximum absolute atomic E-state index is 6.17. The zero-order valence-corrected chi connectivity index (χ0v) is 12.6. The number of hydrogen-bond donors (Lipinski definition) is 2. The molecule has 108 valence electrons. The third-order valence-electron chi connectivity index (χ3n) is 4.04. The highest BCUT2D eigenvalue weighted by atomic mass is 15.3. The molecule has 0 saturated carbocycles. The Morgan fingerprint density at radius 1 is 1.47 bits per heavy atom. The maximum Gasteiger partial charge on any atom is 0.148 e. The summed E-state index contributed by atoms with van der Waals surface area (Å²) in [5.74, 6) is 1.64. The molecule has 1 aliphatic heterocycles. The third-order valence-corrected chi connectivity index (χ3v) is 4.04. The summed E-state index contributed by atoms with van der Waals surface area (Å²) in [6.45, 7) is 9.64. The van der Waals surface area contributed by atoms with Crippen LogP contribution in [0.25, 0.3) is 0 Å². The Labute approximate surface area is 116 Å². The minimum absolute atomic E-state index is 0.491. The highest BCUT2D eigenvalue weighted by molar-refractivity contribution is 5.65. The molecule has 5 heteroatoms. The molecule has 0 bridgehead atoms. The van der Waals surface area contributed by atoms with E-state index in [1.165, 1.54) is 0 Å². The van der Waals surface area contributed by atoms with Crippen molar-refractivity contribution in [3.63, 3.8) is 0 Å². The molecule has 1 aliphatic rings. The highest BCUT2D eigenvalue weighted by Gasteiger charge is 2.26. The number of likely N-dealkylation sites (tertiary alicyclic amines) is 1. The lowest BCUT2D eigenvalue weighted by atomic mass is 9.94. The van der Waals surface area contributed by atoms with E-state index >= 15 is 0 Å². The summed E-state index contributed by atoms with van der Waals surface area (Å²) in [7, 11) is 2.19. The molecular weight excluding hydrogens is 238 g/mol. The van der Waals surface area contributed by atoms with E-state index in [0.29, 0.717) is 12.0 Å². The van der Waals surface area contributed by atoms with Crippen molar-refractivity contribution in [2.24, 2.45) is 5.92 Å². The number of piperidine rings is 1. The number of anilines is 2. The van der Waals surface area contributed by atoms with Gasteiger partial charge in [-0.1, -0.05) is 13.8 Å².